The first-order valence-electron chi connectivity index (χ1n) is 8.84. The number of hydrogen-bond donors (Lipinski definition) is 1. The molecule has 2 aromatic rings. The Balaban J connectivity index is 1.50. The van der Waals surface area contributed by atoms with Crippen molar-refractivity contribution >= 4 is 22.4 Å². The smallest absolute Gasteiger partial charge is 0.234 e. The van der Waals surface area contributed by atoms with Crippen LogP contribution in [0, 0.1) is 5.92 Å². The van der Waals surface area contributed by atoms with Gasteiger partial charge in [0.05, 0.1) is 12.6 Å². The summed E-state index contributed by atoms with van der Waals surface area (Å²) in [6.07, 6.45) is 1.84. The standard InChI is InChI=1S/C19H26N4OS/c1-15(2)18(16-6-4-3-5-7-16)21-17(24)14-22-9-11-23(12-10-22)19-20-8-13-25-19/h3-8,13,15,18H,9-12,14H2,1-2H3,(H,21,24)/t18-/m1/s1. The largest absolute Gasteiger partial charge is 0.348 e. The summed E-state index contributed by atoms with van der Waals surface area (Å²) in [5.41, 5.74) is 1.17. The normalized spacial score (nSPS) is 16.8. The van der Waals surface area contributed by atoms with Crippen LogP contribution in [-0.4, -0.2) is 48.5 Å². The van der Waals surface area contributed by atoms with E-state index in [4.69, 9.17) is 0 Å². The fourth-order valence-electron chi connectivity index (χ4n) is 3.19. The molecule has 1 aliphatic rings. The molecule has 1 N–H and O–H groups in total. The van der Waals surface area contributed by atoms with Crippen LogP contribution in [0.2, 0.25) is 0 Å². The van der Waals surface area contributed by atoms with Gasteiger partial charge in [0.15, 0.2) is 5.13 Å². The molecule has 1 aromatic carbocycles. The summed E-state index contributed by atoms with van der Waals surface area (Å²) < 4.78 is 0. The number of nitrogens with zero attached hydrogens (tertiary/aromatic N) is 3. The summed E-state index contributed by atoms with van der Waals surface area (Å²) in [5.74, 6) is 0.457. The molecular weight excluding hydrogens is 332 g/mol. The van der Waals surface area contributed by atoms with Crippen LogP contribution in [0.1, 0.15) is 25.5 Å². The monoisotopic (exact) mass is 358 g/mol. The molecule has 134 valence electrons. The second-order valence-corrected chi connectivity index (χ2v) is 7.65. The number of benzene rings is 1. The van der Waals surface area contributed by atoms with Crippen LogP contribution in [0.25, 0.3) is 0 Å². The second-order valence-electron chi connectivity index (χ2n) is 6.78. The Kier molecular flexibility index (Phi) is 6.04. The van der Waals surface area contributed by atoms with Crippen molar-refractivity contribution in [3.8, 4) is 0 Å². The van der Waals surface area contributed by atoms with E-state index in [0.29, 0.717) is 12.5 Å². The van der Waals surface area contributed by atoms with Crippen molar-refractivity contribution in [2.75, 3.05) is 37.6 Å². The van der Waals surface area contributed by atoms with Gasteiger partial charge in [0.1, 0.15) is 0 Å². The molecule has 1 amide bonds. The summed E-state index contributed by atoms with van der Waals surface area (Å²) in [6, 6.07) is 10.3. The predicted octanol–water partition coefficient (Wildman–Crippen LogP) is 2.78. The van der Waals surface area contributed by atoms with E-state index in [1.807, 2.05) is 29.8 Å². The number of rotatable bonds is 6. The molecule has 0 aliphatic carbocycles. The maximum Gasteiger partial charge on any atom is 0.234 e. The highest BCUT2D eigenvalue weighted by molar-refractivity contribution is 7.13. The molecule has 25 heavy (non-hydrogen) atoms. The van der Waals surface area contributed by atoms with Gasteiger partial charge < -0.3 is 10.2 Å². The van der Waals surface area contributed by atoms with Crippen molar-refractivity contribution in [3.05, 3.63) is 47.5 Å². The SMILES string of the molecule is CC(C)[C@@H](NC(=O)CN1CCN(c2nccs2)CC1)c1ccccc1. The number of nitrogens with one attached hydrogen (secondary N) is 1. The summed E-state index contributed by atoms with van der Waals surface area (Å²) in [4.78, 5) is 21.4. The Hall–Kier alpha value is -1.92. The quantitative estimate of drug-likeness (QED) is 0.863. The highest BCUT2D eigenvalue weighted by Crippen LogP contribution is 2.21. The van der Waals surface area contributed by atoms with E-state index in [9.17, 15) is 4.79 Å². The zero-order valence-electron chi connectivity index (χ0n) is 14.9. The fourth-order valence-corrected chi connectivity index (χ4v) is 3.88. The van der Waals surface area contributed by atoms with E-state index in [1.165, 1.54) is 5.56 Å². The molecule has 0 radical (unpaired) electrons. The zero-order chi connectivity index (χ0) is 17.6. The molecule has 1 fully saturated rings. The summed E-state index contributed by atoms with van der Waals surface area (Å²) in [7, 11) is 0. The van der Waals surface area contributed by atoms with Gasteiger partial charge in [-0.3, -0.25) is 9.69 Å². The highest BCUT2D eigenvalue weighted by Gasteiger charge is 2.23. The summed E-state index contributed by atoms with van der Waals surface area (Å²) >= 11 is 1.67. The highest BCUT2D eigenvalue weighted by atomic mass is 32.1. The van der Waals surface area contributed by atoms with Crippen LogP contribution in [-0.2, 0) is 4.79 Å². The number of aromatic nitrogens is 1. The maximum absolute atomic E-state index is 12.5. The molecule has 6 heteroatoms. The van der Waals surface area contributed by atoms with Crippen molar-refractivity contribution in [1.29, 1.82) is 0 Å². The first kappa shape index (κ1) is 17.9. The lowest BCUT2D eigenvalue weighted by Crippen LogP contribution is -2.50. The molecular formula is C19H26N4OS. The molecule has 1 saturated heterocycles. The van der Waals surface area contributed by atoms with Crippen molar-refractivity contribution < 1.29 is 4.79 Å². The van der Waals surface area contributed by atoms with Gasteiger partial charge in [0.2, 0.25) is 5.91 Å². The third-order valence-electron chi connectivity index (χ3n) is 4.57. The van der Waals surface area contributed by atoms with Crippen molar-refractivity contribution in [2.24, 2.45) is 5.92 Å². The Morgan fingerprint density at radius 2 is 1.92 bits per heavy atom. The number of anilines is 1. The number of amides is 1. The lowest BCUT2D eigenvalue weighted by atomic mass is 9.96. The minimum Gasteiger partial charge on any atom is -0.348 e. The molecule has 5 nitrogen and oxygen atoms in total. The van der Waals surface area contributed by atoms with Gasteiger partial charge in [-0.05, 0) is 11.5 Å². The average Bonchev–Trinajstić information content (AvgIpc) is 3.15. The number of piperazine rings is 1. The third-order valence-corrected chi connectivity index (χ3v) is 5.40. The molecule has 0 unspecified atom stereocenters. The van der Waals surface area contributed by atoms with Crippen LogP contribution in [0.3, 0.4) is 0 Å². The van der Waals surface area contributed by atoms with Gasteiger partial charge >= 0.3 is 0 Å². The molecule has 0 saturated carbocycles. The van der Waals surface area contributed by atoms with Crippen molar-refractivity contribution in [1.82, 2.24) is 15.2 Å². The number of thiazole rings is 1. The Labute approximate surface area is 153 Å². The number of carbonyl (C=O) groups excluding carboxylic acids is 1. The maximum atomic E-state index is 12.5. The van der Waals surface area contributed by atoms with Gasteiger partial charge in [0, 0.05) is 37.8 Å². The van der Waals surface area contributed by atoms with Crippen molar-refractivity contribution in [2.45, 2.75) is 19.9 Å². The Bertz CT molecular complexity index is 651. The van der Waals surface area contributed by atoms with E-state index >= 15 is 0 Å². The van der Waals surface area contributed by atoms with Crippen LogP contribution in [0.5, 0.6) is 0 Å². The molecule has 1 aliphatic heterocycles. The van der Waals surface area contributed by atoms with E-state index in [2.05, 4.69) is 46.1 Å². The van der Waals surface area contributed by atoms with Gasteiger partial charge in [-0.1, -0.05) is 44.2 Å². The predicted molar refractivity (Wildman–Crippen MR) is 103 cm³/mol. The van der Waals surface area contributed by atoms with E-state index in [0.717, 1.165) is 31.3 Å². The lowest BCUT2D eigenvalue weighted by Gasteiger charge is -2.34. The molecule has 2 heterocycles. The zero-order valence-corrected chi connectivity index (χ0v) is 15.7. The Morgan fingerprint density at radius 1 is 1.20 bits per heavy atom. The fraction of sp³-hybridized carbons (Fsp3) is 0.474. The van der Waals surface area contributed by atoms with Crippen molar-refractivity contribution in [3.63, 3.8) is 0 Å². The Morgan fingerprint density at radius 3 is 2.52 bits per heavy atom. The van der Waals surface area contributed by atoms with E-state index < -0.39 is 0 Å². The van der Waals surface area contributed by atoms with Crippen LogP contribution < -0.4 is 10.2 Å². The topological polar surface area (TPSA) is 48.5 Å². The first-order chi connectivity index (χ1) is 12.1. The van der Waals surface area contributed by atoms with Crippen LogP contribution >= 0.6 is 11.3 Å². The van der Waals surface area contributed by atoms with E-state index in [-0.39, 0.29) is 11.9 Å². The summed E-state index contributed by atoms with van der Waals surface area (Å²) in [6.45, 7) is 8.38. The molecule has 3 rings (SSSR count). The van der Waals surface area contributed by atoms with Crippen LogP contribution in [0.4, 0.5) is 5.13 Å². The molecule has 0 bridgehead atoms. The third kappa shape index (κ3) is 4.80. The lowest BCUT2D eigenvalue weighted by molar-refractivity contribution is -0.123. The van der Waals surface area contributed by atoms with Gasteiger partial charge in [-0.15, -0.1) is 11.3 Å². The second kappa shape index (κ2) is 8.45. The molecule has 0 spiro atoms. The minimum absolute atomic E-state index is 0.0605. The van der Waals surface area contributed by atoms with Gasteiger partial charge in [-0.25, -0.2) is 4.98 Å². The average molecular weight is 359 g/mol. The summed E-state index contributed by atoms with van der Waals surface area (Å²) in [5, 5.41) is 6.30. The first-order valence-corrected chi connectivity index (χ1v) is 9.72. The molecule has 1 aromatic heterocycles. The van der Waals surface area contributed by atoms with E-state index in [1.54, 1.807) is 11.3 Å². The number of hydrogen-bond acceptors (Lipinski definition) is 5. The van der Waals surface area contributed by atoms with Gasteiger partial charge in [-0.2, -0.15) is 0 Å². The van der Waals surface area contributed by atoms with Gasteiger partial charge in [0.25, 0.3) is 0 Å². The van der Waals surface area contributed by atoms with Crippen LogP contribution in [0.15, 0.2) is 41.9 Å². The minimum atomic E-state index is 0.0605. The molecule has 1 atom stereocenters. The number of carbonyl (C=O) groups is 1.